The Balaban J connectivity index is 2.42. The first kappa shape index (κ1) is 16.1. The number of nitrogens with zero attached hydrogens (tertiary/aromatic N) is 3. The summed E-state index contributed by atoms with van der Waals surface area (Å²) >= 11 is 18.3. The summed E-state index contributed by atoms with van der Waals surface area (Å²) in [4.78, 5) is 16.4. The van der Waals surface area contributed by atoms with E-state index in [-0.39, 0.29) is 20.9 Å². The van der Waals surface area contributed by atoms with E-state index in [2.05, 4.69) is 4.98 Å². The smallest absolute Gasteiger partial charge is 0.269 e. The van der Waals surface area contributed by atoms with Crippen LogP contribution in [0.25, 0.3) is 16.9 Å². The molecule has 0 radical (unpaired) electrons. The average molecular weight is 369 g/mol. The highest BCUT2D eigenvalue weighted by Gasteiger charge is 2.18. The third kappa shape index (κ3) is 2.78. The van der Waals surface area contributed by atoms with Crippen LogP contribution in [0.2, 0.25) is 15.3 Å². The molecule has 7 heteroatoms. The van der Waals surface area contributed by atoms with Crippen LogP contribution in [-0.4, -0.2) is 14.1 Å². The number of halogens is 3. The lowest BCUT2D eigenvalue weighted by Crippen LogP contribution is -2.23. The summed E-state index contributed by atoms with van der Waals surface area (Å²) in [5.74, 6) is 0. The summed E-state index contributed by atoms with van der Waals surface area (Å²) in [6.07, 6.45) is 1.51. The Morgan fingerprint density at radius 3 is 2.39 bits per heavy atom. The SMILES string of the molecule is CCn1c(-c2ccccc2)c(-n2cnc(Cl)c2Cl)cc(Cl)c1=O. The highest BCUT2D eigenvalue weighted by atomic mass is 35.5. The summed E-state index contributed by atoms with van der Waals surface area (Å²) in [6, 6.07) is 11.1. The van der Waals surface area contributed by atoms with E-state index in [4.69, 9.17) is 34.8 Å². The van der Waals surface area contributed by atoms with Crippen molar-refractivity contribution in [2.75, 3.05) is 0 Å². The largest absolute Gasteiger partial charge is 0.305 e. The lowest BCUT2D eigenvalue weighted by atomic mass is 10.1. The molecule has 0 aliphatic rings. The second-order valence-electron chi connectivity index (χ2n) is 4.84. The molecule has 0 saturated carbocycles. The molecule has 0 bridgehead atoms. The van der Waals surface area contributed by atoms with Crippen LogP contribution in [0.4, 0.5) is 0 Å². The second kappa shape index (κ2) is 6.40. The molecule has 2 aromatic heterocycles. The van der Waals surface area contributed by atoms with Crippen molar-refractivity contribution in [3.8, 4) is 16.9 Å². The second-order valence-corrected chi connectivity index (χ2v) is 5.96. The Kier molecular flexibility index (Phi) is 4.48. The highest BCUT2D eigenvalue weighted by Crippen LogP contribution is 2.31. The molecule has 118 valence electrons. The molecule has 3 aromatic rings. The van der Waals surface area contributed by atoms with E-state index in [1.807, 2.05) is 37.3 Å². The van der Waals surface area contributed by atoms with Gasteiger partial charge in [0.15, 0.2) is 10.3 Å². The first-order valence-electron chi connectivity index (χ1n) is 6.92. The molecule has 4 nitrogen and oxygen atoms in total. The van der Waals surface area contributed by atoms with Gasteiger partial charge in [0.1, 0.15) is 11.3 Å². The molecule has 0 spiro atoms. The number of pyridine rings is 1. The molecule has 0 amide bonds. The Hall–Kier alpha value is -1.75. The third-order valence-corrected chi connectivity index (χ3v) is 4.52. The van der Waals surface area contributed by atoms with Gasteiger partial charge < -0.3 is 4.57 Å². The van der Waals surface area contributed by atoms with Gasteiger partial charge >= 0.3 is 0 Å². The van der Waals surface area contributed by atoms with E-state index >= 15 is 0 Å². The van der Waals surface area contributed by atoms with E-state index < -0.39 is 0 Å². The number of hydrogen-bond acceptors (Lipinski definition) is 2. The molecular formula is C16H12Cl3N3O. The van der Waals surface area contributed by atoms with Crippen LogP contribution in [0.3, 0.4) is 0 Å². The van der Waals surface area contributed by atoms with Gasteiger partial charge in [-0.25, -0.2) is 4.98 Å². The van der Waals surface area contributed by atoms with Gasteiger partial charge in [0, 0.05) is 12.1 Å². The first-order valence-corrected chi connectivity index (χ1v) is 8.05. The number of benzene rings is 1. The third-order valence-electron chi connectivity index (χ3n) is 3.52. The summed E-state index contributed by atoms with van der Waals surface area (Å²) in [7, 11) is 0. The maximum Gasteiger partial charge on any atom is 0.269 e. The number of hydrogen-bond donors (Lipinski definition) is 0. The van der Waals surface area contributed by atoms with Gasteiger partial charge in [0.2, 0.25) is 0 Å². The van der Waals surface area contributed by atoms with Crippen molar-refractivity contribution in [1.29, 1.82) is 0 Å². The molecule has 0 fully saturated rings. The minimum atomic E-state index is -0.251. The van der Waals surface area contributed by atoms with E-state index in [1.165, 1.54) is 6.33 Å². The quantitative estimate of drug-likeness (QED) is 0.673. The van der Waals surface area contributed by atoms with E-state index in [0.717, 1.165) is 5.56 Å². The lowest BCUT2D eigenvalue weighted by Gasteiger charge is -2.18. The van der Waals surface area contributed by atoms with Crippen LogP contribution in [0, 0.1) is 0 Å². The number of rotatable bonds is 3. The summed E-state index contributed by atoms with van der Waals surface area (Å²) in [5.41, 5.74) is 1.98. The summed E-state index contributed by atoms with van der Waals surface area (Å²) < 4.78 is 3.22. The molecule has 1 aromatic carbocycles. The molecule has 3 rings (SSSR count). The first-order chi connectivity index (χ1) is 11.0. The van der Waals surface area contributed by atoms with Crippen molar-refractivity contribution < 1.29 is 0 Å². The van der Waals surface area contributed by atoms with Gasteiger partial charge in [-0.3, -0.25) is 9.36 Å². The molecular weight excluding hydrogens is 357 g/mol. The van der Waals surface area contributed by atoms with Crippen molar-refractivity contribution >= 4 is 34.8 Å². The van der Waals surface area contributed by atoms with Crippen molar-refractivity contribution in [1.82, 2.24) is 14.1 Å². The zero-order valence-electron chi connectivity index (χ0n) is 12.1. The van der Waals surface area contributed by atoms with Crippen LogP contribution < -0.4 is 5.56 Å². The Labute approximate surface area is 147 Å². The fraction of sp³-hybridized carbons (Fsp3) is 0.125. The fourth-order valence-corrected chi connectivity index (χ4v) is 3.01. The molecule has 0 aliphatic heterocycles. The Bertz CT molecular complexity index is 916. The summed E-state index contributed by atoms with van der Waals surface area (Å²) in [6.45, 7) is 2.35. The molecule has 2 heterocycles. The minimum absolute atomic E-state index is 0.113. The number of aromatic nitrogens is 3. The van der Waals surface area contributed by atoms with Gasteiger partial charge in [-0.05, 0) is 13.0 Å². The predicted octanol–water partition coefficient (Wildman–Crippen LogP) is 4.68. The van der Waals surface area contributed by atoms with E-state index in [0.29, 0.717) is 17.9 Å². The normalized spacial score (nSPS) is 11.0. The minimum Gasteiger partial charge on any atom is -0.305 e. The molecule has 0 unspecified atom stereocenters. The molecule has 0 atom stereocenters. The van der Waals surface area contributed by atoms with Crippen LogP contribution >= 0.6 is 34.8 Å². The van der Waals surface area contributed by atoms with Crippen molar-refractivity contribution in [2.45, 2.75) is 13.5 Å². The maximum absolute atomic E-state index is 12.4. The van der Waals surface area contributed by atoms with Gasteiger partial charge in [-0.15, -0.1) is 0 Å². The topological polar surface area (TPSA) is 39.8 Å². The maximum atomic E-state index is 12.4. The van der Waals surface area contributed by atoms with E-state index in [9.17, 15) is 4.79 Å². The zero-order valence-corrected chi connectivity index (χ0v) is 14.4. The zero-order chi connectivity index (χ0) is 16.6. The standard InChI is InChI=1S/C16H12Cl3N3O/c1-2-21-13(10-6-4-3-5-7-10)12(8-11(17)16(21)23)22-9-20-14(18)15(22)19/h3-9H,2H2,1H3. The predicted molar refractivity (Wildman–Crippen MR) is 94.0 cm³/mol. The fourth-order valence-electron chi connectivity index (χ4n) is 2.48. The van der Waals surface area contributed by atoms with Gasteiger partial charge in [-0.2, -0.15) is 0 Å². The van der Waals surface area contributed by atoms with E-state index in [1.54, 1.807) is 15.2 Å². The molecule has 0 aliphatic carbocycles. The summed E-state index contributed by atoms with van der Waals surface area (Å²) in [5, 5.41) is 0.569. The molecule has 23 heavy (non-hydrogen) atoms. The molecule has 0 N–H and O–H groups in total. The van der Waals surface area contributed by atoms with Crippen molar-refractivity contribution in [3.05, 3.63) is 68.4 Å². The van der Waals surface area contributed by atoms with Crippen molar-refractivity contribution in [2.24, 2.45) is 0 Å². The molecule has 0 saturated heterocycles. The highest BCUT2D eigenvalue weighted by molar-refractivity contribution is 6.40. The van der Waals surface area contributed by atoms with Crippen LogP contribution in [-0.2, 0) is 6.54 Å². The van der Waals surface area contributed by atoms with Crippen LogP contribution in [0.1, 0.15) is 6.92 Å². The monoisotopic (exact) mass is 367 g/mol. The average Bonchev–Trinajstić information content (AvgIpc) is 2.89. The Morgan fingerprint density at radius 1 is 1.13 bits per heavy atom. The van der Waals surface area contributed by atoms with Crippen molar-refractivity contribution in [3.63, 3.8) is 0 Å². The van der Waals surface area contributed by atoms with Gasteiger partial charge in [-0.1, -0.05) is 65.1 Å². The lowest BCUT2D eigenvalue weighted by molar-refractivity contribution is 0.730. The van der Waals surface area contributed by atoms with Crippen LogP contribution in [0.15, 0.2) is 47.5 Å². The van der Waals surface area contributed by atoms with Gasteiger partial charge in [0.25, 0.3) is 5.56 Å². The van der Waals surface area contributed by atoms with Gasteiger partial charge in [0.05, 0.1) is 11.4 Å². The number of imidazole rings is 1. The Morgan fingerprint density at radius 2 is 1.83 bits per heavy atom. The van der Waals surface area contributed by atoms with Crippen LogP contribution in [0.5, 0.6) is 0 Å².